The van der Waals surface area contributed by atoms with Gasteiger partial charge in [-0.2, -0.15) is 4.52 Å². The fourth-order valence-corrected chi connectivity index (χ4v) is 4.38. The minimum absolute atomic E-state index is 0.122. The average molecular weight is 442 g/mol. The first-order chi connectivity index (χ1) is 15.4. The first kappa shape index (κ1) is 20.7. The molecule has 0 radical (unpaired) electrons. The van der Waals surface area contributed by atoms with E-state index in [1.807, 2.05) is 13.1 Å². The Balaban J connectivity index is 1.46. The quantitative estimate of drug-likeness (QED) is 0.617. The van der Waals surface area contributed by atoms with Crippen LogP contribution in [0.4, 0.5) is 20.3 Å². The van der Waals surface area contributed by atoms with Crippen LogP contribution in [0.1, 0.15) is 35.9 Å². The molecule has 3 aromatic heterocycles. The molecule has 10 heteroatoms. The number of ether oxygens (including phenoxy) is 1. The van der Waals surface area contributed by atoms with Crippen LogP contribution in [0.3, 0.4) is 0 Å². The van der Waals surface area contributed by atoms with E-state index in [0.717, 1.165) is 52.6 Å². The van der Waals surface area contributed by atoms with Gasteiger partial charge < -0.3 is 14.5 Å². The summed E-state index contributed by atoms with van der Waals surface area (Å²) in [7, 11) is 0. The minimum atomic E-state index is -2.80. The smallest absolute Gasteiger partial charge is 0.280 e. The van der Waals surface area contributed by atoms with Crippen LogP contribution in [0.5, 0.6) is 0 Å². The molecule has 2 aliphatic rings. The van der Waals surface area contributed by atoms with Gasteiger partial charge in [0.25, 0.3) is 12.0 Å². The number of morpholine rings is 1. The van der Waals surface area contributed by atoms with E-state index in [1.165, 1.54) is 0 Å². The second-order valence-electron chi connectivity index (χ2n) is 8.34. The van der Waals surface area contributed by atoms with E-state index in [2.05, 4.69) is 32.9 Å². The van der Waals surface area contributed by atoms with E-state index < -0.39 is 17.7 Å². The maximum atomic E-state index is 13.0. The molecule has 5 rings (SSSR count). The van der Waals surface area contributed by atoms with Gasteiger partial charge in [-0.1, -0.05) is 0 Å². The van der Waals surface area contributed by atoms with Crippen LogP contribution >= 0.6 is 0 Å². The lowest BCUT2D eigenvalue weighted by atomic mass is 10.0. The molecule has 0 bridgehead atoms. The van der Waals surface area contributed by atoms with Gasteiger partial charge in [-0.05, 0) is 37.1 Å². The van der Waals surface area contributed by atoms with Crippen molar-refractivity contribution in [2.75, 3.05) is 36.0 Å². The number of aryl methyl sites for hydroxylation is 1. The lowest BCUT2D eigenvalue weighted by molar-refractivity contribution is 0.0532. The molecule has 0 unspecified atom stereocenters. The predicted molar refractivity (Wildman–Crippen MR) is 116 cm³/mol. The molecule has 1 fully saturated rings. The predicted octanol–water partition coefficient (Wildman–Crippen LogP) is 2.52. The normalized spacial score (nSPS) is 19.0. The molecule has 0 spiro atoms. The van der Waals surface area contributed by atoms with Crippen molar-refractivity contribution in [2.24, 2.45) is 0 Å². The third-order valence-corrected chi connectivity index (χ3v) is 5.99. The Kier molecular flexibility index (Phi) is 5.24. The summed E-state index contributed by atoms with van der Waals surface area (Å²) in [6, 6.07) is 4.65. The maximum Gasteiger partial charge on any atom is 0.280 e. The van der Waals surface area contributed by atoms with E-state index in [1.54, 1.807) is 6.07 Å². The van der Waals surface area contributed by atoms with Crippen molar-refractivity contribution >= 4 is 17.2 Å². The van der Waals surface area contributed by atoms with E-state index in [-0.39, 0.29) is 11.8 Å². The molecule has 2 aliphatic heterocycles. The van der Waals surface area contributed by atoms with Crippen LogP contribution in [0.25, 0.3) is 5.65 Å². The molecule has 8 nitrogen and oxygen atoms in total. The fraction of sp³-hybridized carbons (Fsp3) is 0.455. The Morgan fingerprint density at radius 3 is 2.81 bits per heavy atom. The third kappa shape index (κ3) is 3.79. The highest BCUT2D eigenvalue weighted by molar-refractivity contribution is 5.56. The minimum Gasteiger partial charge on any atom is -0.375 e. The fourth-order valence-electron chi connectivity index (χ4n) is 4.38. The Morgan fingerprint density at radius 2 is 2.03 bits per heavy atom. The molecule has 0 aliphatic carbocycles. The zero-order valence-electron chi connectivity index (χ0n) is 18.0. The number of alkyl halides is 2. The number of fused-ring (bicyclic) bond motifs is 2. The zero-order chi connectivity index (χ0) is 22.4. The Labute approximate surface area is 183 Å². The van der Waals surface area contributed by atoms with Gasteiger partial charge in [-0.3, -0.25) is 9.78 Å². The summed E-state index contributed by atoms with van der Waals surface area (Å²) in [6.45, 7) is 7.57. The number of nitrogens with zero attached hydrogens (tertiary/aromatic N) is 6. The molecular weight excluding hydrogens is 418 g/mol. The van der Waals surface area contributed by atoms with Gasteiger partial charge in [0.2, 0.25) is 0 Å². The van der Waals surface area contributed by atoms with E-state index in [4.69, 9.17) is 9.72 Å². The van der Waals surface area contributed by atoms with E-state index >= 15 is 0 Å². The Morgan fingerprint density at radius 1 is 1.19 bits per heavy atom. The zero-order valence-corrected chi connectivity index (χ0v) is 18.0. The standard InChI is InChI=1S/C22H24F2N6O2/c1-13-7-19-26-18(21(23)24)9-20(31)30(19)27-22(13)29-4-3-17-15(12-29)8-16(10-25-17)28-5-6-32-14(2)11-28/h7-10,14,21H,3-6,11-12H2,1-2H3/t14-/m1/s1. The monoisotopic (exact) mass is 442 g/mol. The number of rotatable bonds is 3. The molecule has 32 heavy (non-hydrogen) atoms. The Bertz CT molecular complexity index is 1230. The van der Waals surface area contributed by atoms with Crippen LogP contribution in [0.2, 0.25) is 0 Å². The molecule has 0 aromatic carbocycles. The van der Waals surface area contributed by atoms with Crippen molar-refractivity contribution in [1.82, 2.24) is 19.6 Å². The molecule has 0 amide bonds. The van der Waals surface area contributed by atoms with Crippen LogP contribution in [-0.4, -0.2) is 51.9 Å². The highest BCUT2D eigenvalue weighted by Crippen LogP contribution is 2.28. The van der Waals surface area contributed by atoms with Gasteiger partial charge in [0.1, 0.15) is 5.69 Å². The second-order valence-corrected chi connectivity index (χ2v) is 8.34. The SMILES string of the molecule is Cc1cc2nc(C(F)F)cc(=O)n2nc1N1CCc2ncc(N3CCO[C@H](C)C3)cc2C1. The molecule has 1 atom stereocenters. The van der Waals surface area contributed by atoms with Crippen molar-refractivity contribution < 1.29 is 13.5 Å². The summed E-state index contributed by atoms with van der Waals surface area (Å²) in [5.74, 6) is 0.641. The number of hydrogen-bond donors (Lipinski definition) is 0. The summed E-state index contributed by atoms with van der Waals surface area (Å²) < 4.78 is 32.8. The second kappa shape index (κ2) is 8.09. The lowest BCUT2D eigenvalue weighted by Crippen LogP contribution is -2.41. The van der Waals surface area contributed by atoms with Gasteiger partial charge >= 0.3 is 0 Å². The summed E-state index contributed by atoms with van der Waals surface area (Å²) in [4.78, 5) is 25.3. The van der Waals surface area contributed by atoms with Crippen LogP contribution in [0, 0.1) is 6.92 Å². The van der Waals surface area contributed by atoms with Crippen molar-refractivity contribution in [3.63, 3.8) is 0 Å². The summed E-state index contributed by atoms with van der Waals surface area (Å²) >= 11 is 0. The van der Waals surface area contributed by atoms with Gasteiger partial charge in [-0.25, -0.2) is 13.8 Å². The van der Waals surface area contributed by atoms with Crippen LogP contribution in [0.15, 0.2) is 29.2 Å². The van der Waals surface area contributed by atoms with E-state index in [0.29, 0.717) is 25.5 Å². The Hall–Kier alpha value is -3.14. The van der Waals surface area contributed by atoms with Gasteiger partial charge in [-0.15, -0.1) is 5.10 Å². The van der Waals surface area contributed by atoms with Crippen LogP contribution < -0.4 is 15.4 Å². The molecular formula is C22H24F2N6O2. The highest BCUT2D eigenvalue weighted by Gasteiger charge is 2.24. The maximum absolute atomic E-state index is 13.0. The number of pyridine rings is 1. The van der Waals surface area contributed by atoms with Crippen LogP contribution in [-0.2, 0) is 17.7 Å². The summed E-state index contributed by atoms with van der Waals surface area (Å²) in [5.41, 5.74) is 3.00. The number of anilines is 2. The highest BCUT2D eigenvalue weighted by atomic mass is 19.3. The molecule has 0 saturated carbocycles. The number of hydrogen-bond acceptors (Lipinski definition) is 7. The van der Waals surface area contributed by atoms with Gasteiger partial charge in [0.15, 0.2) is 11.5 Å². The molecule has 3 aromatic rings. The molecule has 1 saturated heterocycles. The average Bonchev–Trinajstić information content (AvgIpc) is 2.77. The van der Waals surface area contributed by atoms with Crippen molar-refractivity contribution in [3.05, 3.63) is 57.3 Å². The van der Waals surface area contributed by atoms with Crippen molar-refractivity contribution in [3.8, 4) is 0 Å². The largest absolute Gasteiger partial charge is 0.375 e. The van der Waals surface area contributed by atoms with Gasteiger partial charge in [0, 0.05) is 44.4 Å². The summed E-state index contributed by atoms with van der Waals surface area (Å²) in [6.07, 6.45) is 0.0598. The van der Waals surface area contributed by atoms with E-state index in [9.17, 15) is 13.6 Å². The first-order valence-corrected chi connectivity index (χ1v) is 10.7. The third-order valence-electron chi connectivity index (χ3n) is 5.99. The molecule has 5 heterocycles. The van der Waals surface area contributed by atoms with Gasteiger partial charge in [0.05, 0.1) is 24.6 Å². The number of aromatic nitrogens is 4. The summed E-state index contributed by atoms with van der Waals surface area (Å²) in [5, 5.41) is 4.47. The lowest BCUT2D eigenvalue weighted by Gasteiger charge is -2.34. The topological polar surface area (TPSA) is 75.9 Å². The van der Waals surface area contributed by atoms with Crippen molar-refractivity contribution in [1.29, 1.82) is 0 Å². The molecule has 168 valence electrons. The molecule has 0 N–H and O–H groups in total. The number of halogens is 2. The first-order valence-electron chi connectivity index (χ1n) is 10.7. The van der Waals surface area contributed by atoms with Crippen molar-refractivity contribution in [2.45, 2.75) is 39.3 Å².